The molecule has 9 heteroatoms. The highest BCUT2D eigenvalue weighted by Crippen LogP contribution is 2.30. The molecule has 2 aromatic carbocycles. The molecule has 1 N–H and O–H groups in total. The van der Waals surface area contributed by atoms with E-state index in [4.69, 9.17) is 11.6 Å². The van der Waals surface area contributed by atoms with Gasteiger partial charge in [-0.05, 0) is 43.2 Å². The second-order valence-electron chi connectivity index (χ2n) is 7.50. The van der Waals surface area contributed by atoms with Crippen LogP contribution in [0, 0.1) is 5.82 Å². The van der Waals surface area contributed by atoms with E-state index >= 15 is 0 Å². The summed E-state index contributed by atoms with van der Waals surface area (Å²) in [6.45, 7) is 4.58. The maximum Gasteiger partial charge on any atom is 0.243 e. The monoisotopic (exact) mass is 467 g/mol. The third-order valence-electron chi connectivity index (χ3n) is 5.29. The summed E-state index contributed by atoms with van der Waals surface area (Å²) in [6, 6.07) is 11.0. The number of hydrogen-bond acceptors (Lipinski definition) is 4. The molecule has 3 rings (SSSR count). The maximum absolute atomic E-state index is 14.2. The van der Waals surface area contributed by atoms with Gasteiger partial charge in [-0.2, -0.15) is 4.31 Å². The Bertz CT molecular complexity index is 1020. The molecule has 2 aromatic rings. The second-order valence-corrected chi connectivity index (χ2v) is 9.85. The minimum absolute atomic E-state index is 0.0579. The summed E-state index contributed by atoms with van der Waals surface area (Å²) in [5, 5.41) is 3.10. The smallest absolute Gasteiger partial charge is 0.243 e. The zero-order chi connectivity index (χ0) is 22.6. The van der Waals surface area contributed by atoms with Crippen LogP contribution in [0.2, 0.25) is 5.02 Å². The van der Waals surface area contributed by atoms with Crippen molar-refractivity contribution in [2.75, 3.05) is 25.0 Å². The Labute approximate surface area is 188 Å². The highest BCUT2D eigenvalue weighted by molar-refractivity contribution is 7.89. The van der Waals surface area contributed by atoms with Gasteiger partial charge >= 0.3 is 0 Å². The average Bonchev–Trinajstić information content (AvgIpc) is 3.56. The minimum Gasteiger partial charge on any atom is -0.325 e. The van der Waals surface area contributed by atoms with Crippen molar-refractivity contribution < 1.29 is 17.6 Å². The SMILES string of the molecule is CCN(CC)S(=O)(=O)c1cccc(NC(=O)CN(Cc2c(F)cccc2Cl)C2CC2)c1. The van der Waals surface area contributed by atoms with Crippen molar-refractivity contribution in [3.8, 4) is 0 Å². The molecule has 0 atom stereocenters. The van der Waals surface area contributed by atoms with E-state index in [2.05, 4.69) is 5.32 Å². The molecule has 168 valence electrons. The van der Waals surface area contributed by atoms with Gasteiger partial charge in [0.2, 0.25) is 15.9 Å². The Morgan fingerprint density at radius 1 is 1.16 bits per heavy atom. The van der Waals surface area contributed by atoms with E-state index in [9.17, 15) is 17.6 Å². The van der Waals surface area contributed by atoms with E-state index in [1.54, 1.807) is 38.1 Å². The third-order valence-corrected chi connectivity index (χ3v) is 7.69. The molecule has 0 radical (unpaired) electrons. The normalized spacial score (nSPS) is 14.3. The summed E-state index contributed by atoms with van der Waals surface area (Å²) in [5.74, 6) is -0.690. The van der Waals surface area contributed by atoms with Gasteiger partial charge in [0.05, 0.1) is 11.4 Å². The van der Waals surface area contributed by atoms with Crippen LogP contribution in [-0.2, 0) is 21.4 Å². The first-order valence-electron chi connectivity index (χ1n) is 10.3. The predicted molar refractivity (Wildman–Crippen MR) is 120 cm³/mol. The van der Waals surface area contributed by atoms with Crippen molar-refractivity contribution in [3.05, 3.63) is 58.9 Å². The second kappa shape index (κ2) is 10.1. The molecular formula is C22H27ClFN3O3S. The van der Waals surface area contributed by atoms with Crippen LogP contribution in [0.4, 0.5) is 10.1 Å². The molecule has 0 unspecified atom stereocenters. The fourth-order valence-electron chi connectivity index (χ4n) is 3.47. The number of amides is 1. The zero-order valence-corrected chi connectivity index (χ0v) is 19.2. The molecule has 0 heterocycles. The number of halogens is 2. The fourth-order valence-corrected chi connectivity index (χ4v) is 5.20. The highest BCUT2D eigenvalue weighted by atomic mass is 35.5. The number of sulfonamides is 1. The first-order valence-corrected chi connectivity index (χ1v) is 12.1. The van der Waals surface area contributed by atoms with Gasteiger partial charge in [0.1, 0.15) is 5.82 Å². The summed E-state index contributed by atoms with van der Waals surface area (Å²) < 4.78 is 41.0. The van der Waals surface area contributed by atoms with Crippen molar-refractivity contribution in [3.63, 3.8) is 0 Å². The molecule has 6 nitrogen and oxygen atoms in total. The molecule has 0 saturated heterocycles. The molecule has 1 aliphatic rings. The first-order chi connectivity index (χ1) is 14.8. The van der Waals surface area contributed by atoms with Crippen molar-refractivity contribution in [2.24, 2.45) is 0 Å². The van der Waals surface area contributed by atoms with Crippen molar-refractivity contribution in [1.82, 2.24) is 9.21 Å². The number of carbonyl (C=O) groups is 1. The molecule has 0 aliphatic heterocycles. The van der Waals surface area contributed by atoms with Gasteiger partial charge in [-0.25, -0.2) is 12.8 Å². The number of carbonyl (C=O) groups excluding carboxylic acids is 1. The number of hydrogen-bond donors (Lipinski definition) is 1. The van der Waals surface area contributed by atoms with Crippen LogP contribution in [0.3, 0.4) is 0 Å². The number of nitrogens with one attached hydrogen (secondary N) is 1. The van der Waals surface area contributed by atoms with Gasteiger partial charge in [0.25, 0.3) is 0 Å². The van der Waals surface area contributed by atoms with Crippen molar-refractivity contribution in [1.29, 1.82) is 0 Å². The third kappa shape index (κ3) is 5.83. The van der Waals surface area contributed by atoms with E-state index < -0.39 is 15.8 Å². The number of rotatable bonds is 10. The lowest BCUT2D eigenvalue weighted by atomic mass is 10.2. The average molecular weight is 468 g/mol. The largest absolute Gasteiger partial charge is 0.325 e. The van der Waals surface area contributed by atoms with E-state index in [0.717, 1.165) is 12.8 Å². The first kappa shape index (κ1) is 23.7. The van der Waals surface area contributed by atoms with Crippen LogP contribution in [-0.4, -0.2) is 49.2 Å². The maximum atomic E-state index is 14.2. The van der Waals surface area contributed by atoms with E-state index in [-0.39, 0.29) is 29.9 Å². The van der Waals surface area contributed by atoms with Gasteiger partial charge in [-0.3, -0.25) is 9.69 Å². The van der Waals surface area contributed by atoms with Crippen LogP contribution >= 0.6 is 11.6 Å². The van der Waals surface area contributed by atoms with Crippen LogP contribution in [0.1, 0.15) is 32.3 Å². The Kier molecular flexibility index (Phi) is 7.69. The molecule has 1 fully saturated rings. The van der Waals surface area contributed by atoms with E-state index in [0.29, 0.717) is 29.4 Å². The molecule has 0 bridgehead atoms. The lowest BCUT2D eigenvalue weighted by Gasteiger charge is -2.22. The zero-order valence-electron chi connectivity index (χ0n) is 17.6. The van der Waals surface area contributed by atoms with Crippen LogP contribution in [0.15, 0.2) is 47.4 Å². The summed E-state index contributed by atoms with van der Waals surface area (Å²) in [7, 11) is -3.62. The van der Waals surface area contributed by atoms with Crippen molar-refractivity contribution in [2.45, 2.75) is 44.2 Å². The summed E-state index contributed by atoms with van der Waals surface area (Å²) in [6.07, 6.45) is 1.88. The topological polar surface area (TPSA) is 69.7 Å². The summed E-state index contributed by atoms with van der Waals surface area (Å²) in [4.78, 5) is 14.7. The lowest BCUT2D eigenvalue weighted by molar-refractivity contribution is -0.117. The van der Waals surface area contributed by atoms with E-state index in [1.807, 2.05) is 4.90 Å². The van der Waals surface area contributed by atoms with Gasteiger partial charge in [-0.15, -0.1) is 0 Å². The van der Waals surface area contributed by atoms with Gasteiger partial charge in [0.15, 0.2) is 0 Å². The Hall–Kier alpha value is -2.00. The minimum atomic E-state index is -3.62. The highest BCUT2D eigenvalue weighted by Gasteiger charge is 2.31. The Balaban J connectivity index is 1.71. The molecule has 31 heavy (non-hydrogen) atoms. The molecule has 1 saturated carbocycles. The summed E-state index contributed by atoms with van der Waals surface area (Å²) in [5.41, 5.74) is 0.772. The Morgan fingerprint density at radius 2 is 1.84 bits per heavy atom. The molecular weight excluding hydrogens is 441 g/mol. The number of nitrogens with zero attached hydrogens (tertiary/aromatic N) is 2. The predicted octanol–water partition coefficient (Wildman–Crippen LogP) is 4.11. The standard InChI is InChI=1S/C22H27ClFN3O3S/c1-3-27(4-2)31(29,30)18-8-5-7-16(13-18)25-22(28)15-26(17-11-12-17)14-19-20(23)9-6-10-21(19)24/h5-10,13,17H,3-4,11-12,14-15H2,1-2H3,(H,25,28). The molecule has 0 aromatic heterocycles. The molecule has 0 spiro atoms. The lowest BCUT2D eigenvalue weighted by Crippen LogP contribution is -2.35. The van der Waals surface area contributed by atoms with Gasteiger partial charge in [-0.1, -0.05) is 37.6 Å². The quantitative estimate of drug-likeness (QED) is 0.570. The van der Waals surface area contributed by atoms with Crippen LogP contribution in [0.25, 0.3) is 0 Å². The van der Waals surface area contributed by atoms with Crippen LogP contribution in [0.5, 0.6) is 0 Å². The van der Waals surface area contributed by atoms with E-state index in [1.165, 1.54) is 22.5 Å². The fraction of sp³-hybridized carbons (Fsp3) is 0.409. The number of benzene rings is 2. The molecule has 1 aliphatic carbocycles. The van der Waals surface area contributed by atoms with Gasteiger partial charge in [0, 0.05) is 41.9 Å². The molecule has 1 amide bonds. The number of anilines is 1. The van der Waals surface area contributed by atoms with Crippen LogP contribution < -0.4 is 5.32 Å². The Morgan fingerprint density at radius 3 is 2.45 bits per heavy atom. The van der Waals surface area contributed by atoms with Crippen molar-refractivity contribution >= 4 is 33.2 Å². The summed E-state index contributed by atoms with van der Waals surface area (Å²) >= 11 is 6.15. The van der Waals surface area contributed by atoms with Gasteiger partial charge < -0.3 is 5.32 Å².